The zero-order valence-corrected chi connectivity index (χ0v) is 18.3. The Bertz CT molecular complexity index is 992. The standard InChI is InChI=1S/C24H29N5O2/c1-3-31-24(30)20-7-11-29(12-8-20)23-21-16-28(10-9-22(21)26-17(2)27-23)15-19-6-4-5-18(13-19)14-25/h4-6,13,20H,3,7-12,15-16H2,1-2H3. The monoisotopic (exact) mass is 419 g/mol. The van der Waals surface area contributed by atoms with E-state index in [1.165, 1.54) is 5.56 Å². The molecule has 0 radical (unpaired) electrons. The fourth-order valence-electron chi connectivity index (χ4n) is 4.55. The number of ether oxygens (including phenoxy) is 1. The first-order valence-electron chi connectivity index (χ1n) is 11.1. The van der Waals surface area contributed by atoms with Crippen molar-refractivity contribution in [3.05, 3.63) is 52.5 Å². The Morgan fingerprint density at radius 2 is 2.06 bits per heavy atom. The predicted molar refractivity (Wildman–Crippen MR) is 117 cm³/mol. The van der Waals surface area contributed by atoms with E-state index in [9.17, 15) is 10.1 Å². The van der Waals surface area contributed by atoms with Crippen LogP contribution in [0.3, 0.4) is 0 Å². The normalized spacial score (nSPS) is 17.1. The van der Waals surface area contributed by atoms with Crippen molar-refractivity contribution in [3.8, 4) is 6.07 Å². The second-order valence-electron chi connectivity index (χ2n) is 8.31. The van der Waals surface area contributed by atoms with Gasteiger partial charge in [-0.15, -0.1) is 0 Å². The Labute approximate surface area is 183 Å². The molecule has 1 saturated heterocycles. The van der Waals surface area contributed by atoms with Crippen LogP contribution in [-0.4, -0.2) is 47.1 Å². The van der Waals surface area contributed by atoms with E-state index in [0.717, 1.165) is 74.9 Å². The van der Waals surface area contributed by atoms with Gasteiger partial charge in [-0.2, -0.15) is 5.26 Å². The maximum absolute atomic E-state index is 12.1. The molecule has 0 spiro atoms. The van der Waals surface area contributed by atoms with Gasteiger partial charge in [-0.25, -0.2) is 9.97 Å². The van der Waals surface area contributed by atoms with Crippen LogP contribution in [-0.2, 0) is 29.0 Å². The summed E-state index contributed by atoms with van der Waals surface area (Å²) in [4.78, 5) is 26.3. The van der Waals surface area contributed by atoms with E-state index in [0.29, 0.717) is 12.2 Å². The molecule has 4 rings (SSSR count). The Morgan fingerprint density at radius 3 is 2.81 bits per heavy atom. The highest BCUT2D eigenvalue weighted by Gasteiger charge is 2.30. The second-order valence-corrected chi connectivity index (χ2v) is 8.31. The lowest BCUT2D eigenvalue weighted by Gasteiger charge is -2.36. The van der Waals surface area contributed by atoms with Crippen molar-refractivity contribution in [2.45, 2.75) is 46.2 Å². The summed E-state index contributed by atoms with van der Waals surface area (Å²) in [5.74, 6) is 1.73. The van der Waals surface area contributed by atoms with Gasteiger partial charge in [0, 0.05) is 44.7 Å². The number of benzene rings is 1. The first kappa shape index (κ1) is 21.3. The smallest absolute Gasteiger partial charge is 0.309 e. The summed E-state index contributed by atoms with van der Waals surface area (Å²) in [6, 6.07) is 10.0. The molecule has 2 aliphatic heterocycles. The molecule has 7 nitrogen and oxygen atoms in total. The number of aryl methyl sites for hydroxylation is 1. The van der Waals surface area contributed by atoms with Crippen LogP contribution >= 0.6 is 0 Å². The van der Waals surface area contributed by atoms with Gasteiger partial charge in [0.15, 0.2) is 0 Å². The molecule has 1 aromatic heterocycles. The first-order chi connectivity index (χ1) is 15.1. The first-order valence-corrected chi connectivity index (χ1v) is 11.1. The maximum Gasteiger partial charge on any atom is 0.309 e. The van der Waals surface area contributed by atoms with Gasteiger partial charge < -0.3 is 9.64 Å². The van der Waals surface area contributed by atoms with Gasteiger partial charge in [0.05, 0.1) is 29.9 Å². The molecule has 0 saturated carbocycles. The van der Waals surface area contributed by atoms with E-state index in [1.54, 1.807) is 0 Å². The summed E-state index contributed by atoms with van der Waals surface area (Å²) < 4.78 is 5.21. The van der Waals surface area contributed by atoms with E-state index in [4.69, 9.17) is 14.7 Å². The summed E-state index contributed by atoms with van der Waals surface area (Å²) in [5, 5.41) is 9.17. The van der Waals surface area contributed by atoms with E-state index in [1.807, 2.05) is 32.0 Å². The molecular weight excluding hydrogens is 390 g/mol. The number of anilines is 1. The molecule has 0 bridgehead atoms. The molecule has 0 unspecified atom stereocenters. The van der Waals surface area contributed by atoms with E-state index in [2.05, 4.69) is 21.9 Å². The van der Waals surface area contributed by atoms with Crippen LogP contribution in [0.5, 0.6) is 0 Å². The molecule has 1 fully saturated rings. The molecule has 31 heavy (non-hydrogen) atoms. The third-order valence-corrected chi connectivity index (χ3v) is 6.11. The predicted octanol–water partition coefficient (Wildman–Crippen LogP) is 2.99. The molecule has 2 aromatic rings. The molecule has 3 heterocycles. The lowest BCUT2D eigenvalue weighted by molar-refractivity contribution is -0.148. The molecule has 0 atom stereocenters. The Balaban J connectivity index is 1.50. The van der Waals surface area contributed by atoms with Crippen molar-refractivity contribution in [1.82, 2.24) is 14.9 Å². The van der Waals surface area contributed by atoms with Crippen LogP contribution in [0, 0.1) is 24.2 Å². The zero-order chi connectivity index (χ0) is 21.8. The minimum atomic E-state index is -0.0752. The molecule has 2 aliphatic rings. The molecular formula is C24H29N5O2. The molecule has 7 heteroatoms. The van der Waals surface area contributed by atoms with Crippen LogP contribution in [0.25, 0.3) is 0 Å². The third kappa shape index (κ3) is 4.86. The number of piperidine rings is 1. The number of fused-ring (bicyclic) bond motifs is 1. The Kier molecular flexibility index (Phi) is 6.47. The number of hydrogen-bond acceptors (Lipinski definition) is 7. The van der Waals surface area contributed by atoms with Gasteiger partial charge in [0.25, 0.3) is 0 Å². The van der Waals surface area contributed by atoms with Crippen molar-refractivity contribution in [1.29, 1.82) is 5.26 Å². The highest BCUT2D eigenvalue weighted by molar-refractivity contribution is 5.73. The number of nitrogens with zero attached hydrogens (tertiary/aromatic N) is 5. The van der Waals surface area contributed by atoms with Crippen molar-refractivity contribution < 1.29 is 9.53 Å². The van der Waals surface area contributed by atoms with Gasteiger partial charge in [-0.05, 0) is 44.4 Å². The van der Waals surface area contributed by atoms with Gasteiger partial charge in [-0.1, -0.05) is 12.1 Å². The van der Waals surface area contributed by atoms with Gasteiger partial charge >= 0.3 is 5.97 Å². The summed E-state index contributed by atoms with van der Waals surface area (Å²) in [5.41, 5.74) is 4.17. The summed E-state index contributed by atoms with van der Waals surface area (Å²) in [7, 11) is 0. The lowest BCUT2D eigenvalue weighted by Crippen LogP contribution is -2.40. The molecule has 0 N–H and O–H groups in total. The van der Waals surface area contributed by atoms with Crippen molar-refractivity contribution >= 4 is 11.8 Å². The van der Waals surface area contributed by atoms with Crippen LogP contribution in [0.1, 0.15) is 48.0 Å². The van der Waals surface area contributed by atoms with Crippen molar-refractivity contribution in [3.63, 3.8) is 0 Å². The quantitative estimate of drug-likeness (QED) is 0.689. The third-order valence-electron chi connectivity index (χ3n) is 6.11. The average molecular weight is 420 g/mol. The van der Waals surface area contributed by atoms with Crippen molar-refractivity contribution in [2.24, 2.45) is 5.92 Å². The molecule has 0 aliphatic carbocycles. The zero-order valence-electron chi connectivity index (χ0n) is 18.3. The largest absolute Gasteiger partial charge is 0.466 e. The molecule has 0 amide bonds. The fourth-order valence-corrected chi connectivity index (χ4v) is 4.55. The topological polar surface area (TPSA) is 82.3 Å². The summed E-state index contributed by atoms with van der Waals surface area (Å²) >= 11 is 0. The number of nitriles is 1. The lowest BCUT2D eigenvalue weighted by atomic mass is 9.96. The highest BCUT2D eigenvalue weighted by atomic mass is 16.5. The number of carbonyl (C=O) groups is 1. The average Bonchev–Trinajstić information content (AvgIpc) is 2.79. The second kappa shape index (κ2) is 9.44. The van der Waals surface area contributed by atoms with Crippen LogP contribution < -0.4 is 4.90 Å². The SMILES string of the molecule is CCOC(=O)C1CCN(c2nc(C)nc3c2CN(Cc2cccc(C#N)c2)CC3)CC1. The molecule has 1 aromatic carbocycles. The van der Waals surface area contributed by atoms with E-state index < -0.39 is 0 Å². The number of rotatable bonds is 5. The van der Waals surface area contributed by atoms with E-state index >= 15 is 0 Å². The number of esters is 1. The summed E-state index contributed by atoms with van der Waals surface area (Å²) in [6.07, 6.45) is 2.48. The number of hydrogen-bond donors (Lipinski definition) is 0. The highest BCUT2D eigenvalue weighted by Crippen LogP contribution is 2.30. The van der Waals surface area contributed by atoms with Crippen molar-refractivity contribution in [2.75, 3.05) is 31.1 Å². The minimum Gasteiger partial charge on any atom is -0.466 e. The summed E-state index contributed by atoms with van der Waals surface area (Å²) in [6.45, 7) is 8.37. The van der Waals surface area contributed by atoms with Crippen LogP contribution in [0.4, 0.5) is 5.82 Å². The van der Waals surface area contributed by atoms with Gasteiger partial charge in [0.2, 0.25) is 0 Å². The number of aromatic nitrogens is 2. The fraction of sp³-hybridized carbons (Fsp3) is 0.500. The van der Waals surface area contributed by atoms with Crippen LogP contribution in [0.15, 0.2) is 24.3 Å². The van der Waals surface area contributed by atoms with Gasteiger partial charge in [0.1, 0.15) is 11.6 Å². The molecule has 162 valence electrons. The van der Waals surface area contributed by atoms with Crippen LogP contribution in [0.2, 0.25) is 0 Å². The maximum atomic E-state index is 12.1. The van der Waals surface area contributed by atoms with E-state index in [-0.39, 0.29) is 11.9 Å². The minimum absolute atomic E-state index is 0.0149. The van der Waals surface area contributed by atoms with Gasteiger partial charge in [-0.3, -0.25) is 9.69 Å². The number of carbonyl (C=O) groups excluding carboxylic acids is 1. The Morgan fingerprint density at radius 1 is 1.26 bits per heavy atom. The Hall–Kier alpha value is -2.98.